The number of carbonyl (C=O) groups is 3. The number of aryl methyl sites for hydroxylation is 1. The molecule has 35 heavy (non-hydrogen) atoms. The largest absolute Gasteiger partial charge is 0.481 e. The number of carboxylic acid groups (broad SMARTS) is 1. The van der Waals surface area contributed by atoms with Crippen LogP contribution in [0.2, 0.25) is 0 Å². The number of anilines is 1. The first-order valence-corrected chi connectivity index (χ1v) is 11.9. The van der Waals surface area contributed by atoms with E-state index in [4.69, 9.17) is 5.11 Å². The van der Waals surface area contributed by atoms with E-state index < -0.39 is 17.8 Å². The van der Waals surface area contributed by atoms with Crippen LogP contribution in [0.5, 0.6) is 0 Å². The van der Waals surface area contributed by atoms with Crippen molar-refractivity contribution < 1.29 is 19.5 Å². The summed E-state index contributed by atoms with van der Waals surface area (Å²) in [6.45, 7) is 4.57. The van der Waals surface area contributed by atoms with Crippen molar-refractivity contribution in [3.05, 3.63) is 71.4 Å². The lowest BCUT2D eigenvalue weighted by atomic mass is 10.0. The quantitative estimate of drug-likeness (QED) is 0.480. The van der Waals surface area contributed by atoms with E-state index in [-0.39, 0.29) is 19.5 Å². The van der Waals surface area contributed by atoms with E-state index in [1.54, 1.807) is 6.07 Å². The highest BCUT2D eigenvalue weighted by Gasteiger charge is 2.32. The molecule has 0 radical (unpaired) electrons. The first-order valence-electron chi connectivity index (χ1n) is 11.9. The van der Waals surface area contributed by atoms with Gasteiger partial charge in [0, 0.05) is 37.2 Å². The van der Waals surface area contributed by atoms with E-state index in [9.17, 15) is 14.4 Å². The number of nitrogens with zero attached hydrogens (tertiary/aromatic N) is 3. The zero-order valence-corrected chi connectivity index (χ0v) is 20.4. The number of para-hydroxylation sites is 1. The molecular weight excluding hydrogens is 442 g/mol. The molecule has 0 atom stereocenters. The van der Waals surface area contributed by atoms with Gasteiger partial charge in [0.15, 0.2) is 0 Å². The molecule has 0 fully saturated rings. The summed E-state index contributed by atoms with van der Waals surface area (Å²) in [5.74, 6) is -1.38. The van der Waals surface area contributed by atoms with Gasteiger partial charge in [-0.3, -0.25) is 19.3 Å². The smallest absolute Gasteiger partial charge is 0.305 e. The summed E-state index contributed by atoms with van der Waals surface area (Å²) in [6.07, 6.45) is 6.74. The van der Waals surface area contributed by atoms with Crippen LogP contribution in [-0.2, 0) is 23.2 Å². The van der Waals surface area contributed by atoms with E-state index in [0.717, 1.165) is 33.4 Å². The van der Waals surface area contributed by atoms with E-state index in [0.29, 0.717) is 23.7 Å². The van der Waals surface area contributed by atoms with Crippen LogP contribution in [-0.4, -0.2) is 45.4 Å². The summed E-state index contributed by atoms with van der Waals surface area (Å²) in [5.41, 5.74) is 4.10. The molecule has 1 aromatic heterocycles. The summed E-state index contributed by atoms with van der Waals surface area (Å²) in [5, 5.41) is 10.2. The number of rotatable bonds is 8. The van der Waals surface area contributed by atoms with Crippen LogP contribution in [0.25, 0.3) is 17.0 Å². The van der Waals surface area contributed by atoms with E-state index in [2.05, 4.69) is 30.6 Å². The number of carbonyl (C=O) groups excluding carboxylic acids is 2. The van der Waals surface area contributed by atoms with Crippen molar-refractivity contribution in [1.29, 1.82) is 0 Å². The molecule has 182 valence electrons. The number of allylic oxidation sites excluding steroid dienone is 1. The average Bonchev–Trinajstić information content (AvgIpc) is 3.08. The third-order valence-electron chi connectivity index (χ3n) is 6.27. The molecule has 1 N–H and O–H groups in total. The fraction of sp³-hybridized carbons (Fsp3) is 0.321. The van der Waals surface area contributed by atoms with Crippen LogP contribution in [0.15, 0.2) is 54.7 Å². The second-order valence-electron chi connectivity index (χ2n) is 9.44. The Kier molecular flexibility index (Phi) is 7.05. The fourth-order valence-electron chi connectivity index (χ4n) is 4.51. The van der Waals surface area contributed by atoms with Gasteiger partial charge in [0.25, 0.3) is 5.91 Å². The maximum Gasteiger partial charge on any atom is 0.305 e. The zero-order valence-electron chi connectivity index (χ0n) is 20.4. The van der Waals surface area contributed by atoms with Gasteiger partial charge in [-0.05, 0) is 41.7 Å². The Labute approximate surface area is 205 Å². The van der Waals surface area contributed by atoms with Gasteiger partial charge in [-0.25, -0.2) is 0 Å². The van der Waals surface area contributed by atoms with Gasteiger partial charge >= 0.3 is 5.97 Å². The highest BCUT2D eigenvalue weighted by molar-refractivity contribution is 6.11. The molecule has 0 aliphatic carbocycles. The molecule has 7 nitrogen and oxygen atoms in total. The molecule has 2 aromatic carbocycles. The van der Waals surface area contributed by atoms with Crippen LogP contribution in [0, 0.1) is 5.92 Å². The Hall–Kier alpha value is -3.87. The second-order valence-corrected chi connectivity index (χ2v) is 9.44. The molecule has 1 aliphatic heterocycles. The summed E-state index contributed by atoms with van der Waals surface area (Å²) >= 11 is 0. The topological polar surface area (TPSA) is 82.8 Å². The number of imide groups is 1. The van der Waals surface area contributed by atoms with E-state index in [1.165, 1.54) is 0 Å². The lowest BCUT2D eigenvalue weighted by Crippen LogP contribution is -2.41. The van der Waals surface area contributed by atoms with Crippen molar-refractivity contribution in [3.8, 4) is 0 Å². The molecule has 0 saturated carbocycles. The number of benzene rings is 2. The lowest BCUT2D eigenvalue weighted by Gasteiger charge is -2.23. The molecule has 4 rings (SSSR count). The Balaban J connectivity index is 1.74. The number of fused-ring (bicyclic) bond motifs is 2. The molecular formula is C28H31N3O4. The number of hydrogen-bond donors (Lipinski definition) is 1. The minimum atomic E-state index is -1.05. The summed E-state index contributed by atoms with van der Waals surface area (Å²) in [6, 6.07) is 13.7. The van der Waals surface area contributed by atoms with Crippen molar-refractivity contribution in [3.63, 3.8) is 0 Å². The van der Waals surface area contributed by atoms with Gasteiger partial charge < -0.3 is 14.6 Å². The average molecular weight is 474 g/mol. The predicted molar refractivity (Wildman–Crippen MR) is 137 cm³/mol. The normalized spacial score (nSPS) is 14.3. The number of aromatic nitrogens is 1. The van der Waals surface area contributed by atoms with Crippen LogP contribution < -0.4 is 4.90 Å². The van der Waals surface area contributed by atoms with Crippen LogP contribution in [0.3, 0.4) is 0 Å². The van der Waals surface area contributed by atoms with Crippen LogP contribution in [0.1, 0.15) is 48.2 Å². The molecule has 0 saturated heterocycles. The Morgan fingerprint density at radius 3 is 2.66 bits per heavy atom. The molecule has 0 unspecified atom stereocenters. The molecule has 3 aromatic rings. The van der Waals surface area contributed by atoms with E-state index in [1.807, 2.05) is 54.6 Å². The Morgan fingerprint density at radius 2 is 1.91 bits per heavy atom. The monoisotopic (exact) mass is 473 g/mol. The van der Waals surface area contributed by atoms with Crippen molar-refractivity contribution >= 4 is 40.4 Å². The Morgan fingerprint density at radius 1 is 1.14 bits per heavy atom. The predicted octanol–water partition coefficient (Wildman–Crippen LogP) is 4.70. The minimum Gasteiger partial charge on any atom is -0.481 e. The molecule has 2 heterocycles. The minimum absolute atomic E-state index is 0.00981. The summed E-state index contributed by atoms with van der Waals surface area (Å²) in [7, 11) is 1.99. The molecule has 7 heteroatoms. The molecule has 0 spiro atoms. The first-order chi connectivity index (χ1) is 16.7. The van der Waals surface area contributed by atoms with Gasteiger partial charge in [0.1, 0.15) is 0 Å². The van der Waals surface area contributed by atoms with Crippen LogP contribution >= 0.6 is 0 Å². The molecule has 0 bridgehead atoms. The zero-order chi connectivity index (χ0) is 25.1. The van der Waals surface area contributed by atoms with Crippen molar-refractivity contribution in [2.45, 2.75) is 33.2 Å². The maximum absolute atomic E-state index is 13.5. The van der Waals surface area contributed by atoms with Gasteiger partial charge in [-0.1, -0.05) is 50.3 Å². The SMILES string of the molecule is CC(C)CC=Cc1ccc2c(c1)C(=O)N(CCC(=O)O)C(=O)CN2Cc1cn(C)c2ccccc12. The van der Waals surface area contributed by atoms with Gasteiger partial charge in [-0.2, -0.15) is 0 Å². The highest BCUT2D eigenvalue weighted by atomic mass is 16.4. The van der Waals surface area contributed by atoms with Gasteiger partial charge in [-0.15, -0.1) is 0 Å². The number of hydrogen-bond acceptors (Lipinski definition) is 4. The third-order valence-corrected chi connectivity index (χ3v) is 6.27. The fourth-order valence-corrected chi connectivity index (χ4v) is 4.51. The third kappa shape index (κ3) is 5.29. The summed E-state index contributed by atoms with van der Waals surface area (Å²) < 4.78 is 2.05. The number of carboxylic acids is 1. The first kappa shape index (κ1) is 24.3. The number of aliphatic carboxylic acids is 1. The van der Waals surface area contributed by atoms with Gasteiger partial charge in [0.2, 0.25) is 5.91 Å². The van der Waals surface area contributed by atoms with Crippen molar-refractivity contribution in [2.75, 3.05) is 18.0 Å². The highest BCUT2D eigenvalue weighted by Crippen LogP contribution is 2.31. The van der Waals surface area contributed by atoms with E-state index >= 15 is 0 Å². The Bertz CT molecular complexity index is 1300. The molecule has 1 aliphatic rings. The van der Waals surface area contributed by atoms with Crippen molar-refractivity contribution in [1.82, 2.24) is 9.47 Å². The maximum atomic E-state index is 13.5. The van der Waals surface area contributed by atoms with Crippen LogP contribution in [0.4, 0.5) is 5.69 Å². The second kappa shape index (κ2) is 10.2. The van der Waals surface area contributed by atoms with Gasteiger partial charge in [0.05, 0.1) is 24.2 Å². The number of amides is 2. The lowest BCUT2D eigenvalue weighted by molar-refractivity contribution is -0.137. The summed E-state index contributed by atoms with van der Waals surface area (Å²) in [4.78, 5) is 40.8. The molecule has 2 amide bonds. The standard InChI is InChI=1S/C28H31N3O4/c1-19(2)7-6-8-20-11-12-25-23(15-20)28(35)31(14-13-27(33)34)26(32)18-30(25)17-21-16-29(3)24-10-5-4-9-22(21)24/h4-6,8-12,15-16,19H,7,13-14,17-18H2,1-3H3,(H,33,34). The van der Waals surface area contributed by atoms with Crippen molar-refractivity contribution in [2.24, 2.45) is 13.0 Å².